The zero-order chi connectivity index (χ0) is 25.4. The van der Waals surface area contributed by atoms with Crippen molar-refractivity contribution in [2.75, 3.05) is 17.6 Å². The fourth-order valence-corrected chi connectivity index (χ4v) is 4.70. The molecule has 3 aromatic carbocycles. The van der Waals surface area contributed by atoms with Gasteiger partial charge in [-0.15, -0.1) is 0 Å². The number of anilines is 1. The van der Waals surface area contributed by atoms with Gasteiger partial charge in [0, 0.05) is 17.8 Å². The summed E-state index contributed by atoms with van der Waals surface area (Å²) in [4.78, 5) is 23.8. The molecule has 0 aliphatic carbocycles. The van der Waals surface area contributed by atoms with Gasteiger partial charge in [-0.05, 0) is 53.4 Å². The topological polar surface area (TPSA) is 102 Å². The fourth-order valence-electron chi connectivity index (χ4n) is 3.20. The van der Waals surface area contributed by atoms with Crippen molar-refractivity contribution < 1.29 is 22.7 Å². The average Bonchev–Trinajstić information content (AvgIpc) is 2.84. The first-order chi connectivity index (χ1) is 16.7. The molecule has 0 spiro atoms. The summed E-state index contributed by atoms with van der Waals surface area (Å²) in [6, 6.07) is 18.5. The van der Waals surface area contributed by atoms with Gasteiger partial charge in [0.1, 0.15) is 0 Å². The number of hydrogen-bond acceptors (Lipinski definition) is 5. The number of carbonyl (C=O) groups excluding carboxylic acids is 2. The summed E-state index contributed by atoms with van der Waals surface area (Å²) in [7, 11) is -2.30. The second-order valence-electron chi connectivity index (χ2n) is 7.71. The molecule has 0 aliphatic rings. The van der Waals surface area contributed by atoms with Crippen LogP contribution in [0.5, 0.6) is 0 Å². The smallest absolute Gasteiger partial charge is 0.309 e. The number of nitrogens with one attached hydrogen (secondary N) is 2. The first kappa shape index (κ1) is 26.5. The molecule has 184 valence electrons. The van der Waals surface area contributed by atoms with Gasteiger partial charge in [0.05, 0.1) is 29.3 Å². The van der Waals surface area contributed by atoms with E-state index in [1.165, 1.54) is 19.2 Å². The Morgan fingerprint density at radius 2 is 1.57 bits per heavy atom. The van der Waals surface area contributed by atoms with Crippen LogP contribution < -0.4 is 10.0 Å². The van der Waals surface area contributed by atoms with Gasteiger partial charge in [0.25, 0.3) is 5.91 Å². The molecule has 0 heterocycles. The highest BCUT2D eigenvalue weighted by molar-refractivity contribution is 7.92. The standard InChI is InChI=1S/C25H24Cl2N2O5S/c1-34-23(30)15-17-5-7-18(8-6-17)16-28-25(31)20-9-11-21(12-10-20)29-35(32,33)14-13-19-3-2-4-22(26)24(19)27/h2-12,29H,13-16H2,1H3,(H,28,31). The summed E-state index contributed by atoms with van der Waals surface area (Å²) in [5, 5.41) is 3.53. The number of esters is 1. The van der Waals surface area contributed by atoms with Crippen LogP contribution in [0.15, 0.2) is 66.7 Å². The Labute approximate surface area is 214 Å². The van der Waals surface area contributed by atoms with E-state index in [1.54, 1.807) is 42.5 Å². The number of sulfonamides is 1. The maximum absolute atomic E-state index is 12.5. The van der Waals surface area contributed by atoms with Crippen molar-refractivity contribution in [2.45, 2.75) is 19.4 Å². The van der Waals surface area contributed by atoms with E-state index < -0.39 is 10.0 Å². The Morgan fingerprint density at radius 3 is 2.23 bits per heavy atom. The lowest BCUT2D eigenvalue weighted by molar-refractivity contribution is -0.139. The van der Waals surface area contributed by atoms with E-state index in [2.05, 4.69) is 14.8 Å². The molecule has 0 atom stereocenters. The van der Waals surface area contributed by atoms with Crippen molar-refractivity contribution in [1.82, 2.24) is 5.32 Å². The predicted molar refractivity (Wildman–Crippen MR) is 137 cm³/mol. The van der Waals surface area contributed by atoms with Gasteiger partial charge in [-0.2, -0.15) is 0 Å². The summed E-state index contributed by atoms with van der Waals surface area (Å²) in [6.45, 7) is 0.303. The molecule has 0 bridgehead atoms. The highest BCUT2D eigenvalue weighted by Crippen LogP contribution is 2.26. The Hall–Kier alpha value is -3.07. The Kier molecular flexibility index (Phi) is 9.14. The van der Waals surface area contributed by atoms with Gasteiger partial charge in [0.15, 0.2) is 0 Å². The lowest BCUT2D eigenvalue weighted by Gasteiger charge is -2.10. The normalized spacial score (nSPS) is 11.1. The van der Waals surface area contributed by atoms with E-state index in [9.17, 15) is 18.0 Å². The molecule has 0 aromatic heterocycles. The molecule has 2 N–H and O–H groups in total. The van der Waals surface area contributed by atoms with Gasteiger partial charge in [-0.1, -0.05) is 59.6 Å². The van der Waals surface area contributed by atoms with E-state index in [-0.39, 0.29) is 30.5 Å². The quantitative estimate of drug-likeness (QED) is 0.369. The molecule has 1 amide bonds. The molecule has 0 unspecified atom stereocenters. The largest absolute Gasteiger partial charge is 0.469 e. The minimum Gasteiger partial charge on any atom is -0.469 e. The third kappa shape index (κ3) is 7.99. The SMILES string of the molecule is COC(=O)Cc1ccc(CNC(=O)c2ccc(NS(=O)(=O)CCc3cccc(Cl)c3Cl)cc2)cc1. The van der Waals surface area contributed by atoms with Gasteiger partial charge >= 0.3 is 5.97 Å². The molecule has 35 heavy (non-hydrogen) atoms. The molecule has 0 fully saturated rings. The first-order valence-electron chi connectivity index (χ1n) is 10.6. The molecule has 3 aromatic rings. The molecule has 7 nitrogen and oxygen atoms in total. The van der Waals surface area contributed by atoms with Crippen LogP contribution in [0.2, 0.25) is 10.0 Å². The van der Waals surface area contributed by atoms with Gasteiger partial charge in [-0.25, -0.2) is 8.42 Å². The number of rotatable bonds is 10. The third-order valence-electron chi connectivity index (χ3n) is 5.14. The van der Waals surface area contributed by atoms with Crippen molar-refractivity contribution in [3.63, 3.8) is 0 Å². The fraction of sp³-hybridized carbons (Fsp3) is 0.200. The summed E-state index contributed by atoms with van der Waals surface area (Å²) in [6.07, 6.45) is 0.395. The number of amides is 1. The highest BCUT2D eigenvalue weighted by atomic mass is 35.5. The first-order valence-corrected chi connectivity index (χ1v) is 13.0. The van der Waals surface area contributed by atoms with E-state index in [0.717, 1.165) is 11.1 Å². The number of aryl methyl sites for hydroxylation is 1. The highest BCUT2D eigenvalue weighted by Gasteiger charge is 2.14. The summed E-state index contributed by atoms with van der Waals surface area (Å²) < 4.78 is 32.1. The monoisotopic (exact) mass is 534 g/mol. The zero-order valence-corrected chi connectivity index (χ0v) is 21.2. The number of benzene rings is 3. The number of halogens is 2. The molecular formula is C25H24Cl2N2O5S. The van der Waals surface area contributed by atoms with Crippen LogP contribution in [0.1, 0.15) is 27.0 Å². The number of hydrogen-bond donors (Lipinski definition) is 2. The third-order valence-corrected chi connectivity index (χ3v) is 7.29. The molecule has 0 saturated heterocycles. The van der Waals surface area contributed by atoms with Crippen LogP contribution >= 0.6 is 23.2 Å². The lowest BCUT2D eigenvalue weighted by Crippen LogP contribution is -2.23. The molecule has 3 rings (SSSR count). The molecule has 0 saturated carbocycles. The second kappa shape index (κ2) is 12.1. The maximum atomic E-state index is 12.5. The van der Waals surface area contributed by atoms with Crippen molar-refractivity contribution in [2.24, 2.45) is 0 Å². The van der Waals surface area contributed by atoms with Gasteiger partial charge in [-0.3, -0.25) is 14.3 Å². The van der Waals surface area contributed by atoms with Crippen molar-refractivity contribution in [3.8, 4) is 0 Å². The zero-order valence-electron chi connectivity index (χ0n) is 18.9. The van der Waals surface area contributed by atoms with Gasteiger partial charge < -0.3 is 10.1 Å². The maximum Gasteiger partial charge on any atom is 0.309 e. The van der Waals surface area contributed by atoms with Crippen LogP contribution in [-0.4, -0.2) is 33.2 Å². The molecule has 10 heteroatoms. The molecular weight excluding hydrogens is 511 g/mol. The second-order valence-corrected chi connectivity index (χ2v) is 10.3. The minimum atomic E-state index is -3.64. The summed E-state index contributed by atoms with van der Waals surface area (Å²) in [5.74, 6) is -0.788. The minimum absolute atomic E-state index is 0.173. The number of ether oxygens (including phenoxy) is 1. The summed E-state index contributed by atoms with van der Waals surface area (Å²) >= 11 is 12.1. The van der Waals surface area contributed by atoms with E-state index in [1.807, 2.05) is 12.1 Å². The van der Waals surface area contributed by atoms with Crippen LogP contribution in [0.25, 0.3) is 0 Å². The van der Waals surface area contributed by atoms with Crippen LogP contribution in [-0.2, 0) is 38.9 Å². The van der Waals surface area contributed by atoms with Crippen molar-refractivity contribution in [1.29, 1.82) is 0 Å². The number of methoxy groups -OCH3 is 1. The summed E-state index contributed by atoms with van der Waals surface area (Å²) in [5.41, 5.74) is 3.08. The molecule has 0 aliphatic heterocycles. The average molecular weight is 535 g/mol. The Bertz CT molecular complexity index is 1290. The van der Waals surface area contributed by atoms with Crippen molar-refractivity contribution >= 4 is 50.8 Å². The van der Waals surface area contributed by atoms with Crippen LogP contribution in [0.3, 0.4) is 0 Å². The number of carbonyl (C=O) groups is 2. The van der Waals surface area contributed by atoms with Crippen molar-refractivity contribution in [3.05, 3.63) is 99.0 Å². The van der Waals surface area contributed by atoms with Gasteiger partial charge in [0.2, 0.25) is 10.0 Å². The molecule has 0 radical (unpaired) electrons. The van der Waals surface area contributed by atoms with E-state index >= 15 is 0 Å². The lowest BCUT2D eigenvalue weighted by atomic mass is 10.1. The van der Waals surface area contributed by atoms with E-state index in [0.29, 0.717) is 33.4 Å². The van der Waals surface area contributed by atoms with Crippen LogP contribution in [0.4, 0.5) is 5.69 Å². The van der Waals surface area contributed by atoms with E-state index in [4.69, 9.17) is 23.2 Å². The Morgan fingerprint density at radius 1 is 0.914 bits per heavy atom. The Balaban J connectivity index is 1.51. The van der Waals surface area contributed by atoms with Crippen LogP contribution in [0, 0.1) is 0 Å². The predicted octanol–water partition coefficient (Wildman–Crippen LogP) is 4.62.